The maximum Gasteiger partial charge on any atom is 0.227 e. The minimum atomic E-state index is 0.101. The van der Waals surface area contributed by atoms with E-state index in [4.69, 9.17) is 0 Å². The molecular formula is C29H32N2OS2. The van der Waals surface area contributed by atoms with Crippen LogP contribution in [-0.2, 0) is 0 Å². The Balaban J connectivity index is 1.43. The van der Waals surface area contributed by atoms with Gasteiger partial charge >= 0.3 is 0 Å². The number of H-pyrrole nitrogens is 2. The summed E-state index contributed by atoms with van der Waals surface area (Å²) >= 11 is 3.85. The Morgan fingerprint density at radius 1 is 0.618 bits per heavy atom. The van der Waals surface area contributed by atoms with Crippen molar-refractivity contribution in [2.75, 3.05) is 0 Å². The van der Waals surface area contributed by atoms with Crippen LogP contribution in [0.15, 0.2) is 58.3 Å². The zero-order valence-electron chi connectivity index (χ0n) is 19.6. The molecule has 34 heavy (non-hydrogen) atoms. The molecule has 0 unspecified atom stereocenters. The van der Waals surface area contributed by atoms with Crippen molar-refractivity contribution in [3.8, 4) is 0 Å². The number of rotatable bonds is 6. The molecule has 6 rings (SSSR count). The van der Waals surface area contributed by atoms with Crippen LogP contribution in [0, 0.1) is 0 Å². The third kappa shape index (κ3) is 4.33. The third-order valence-electron chi connectivity index (χ3n) is 7.44. The Hall–Kier alpha value is -2.11. The van der Waals surface area contributed by atoms with Crippen molar-refractivity contribution in [2.45, 2.75) is 84.5 Å². The molecule has 3 nitrogen and oxygen atoms in total. The number of benzene rings is 2. The molecule has 0 saturated heterocycles. The molecular weight excluding hydrogens is 456 g/mol. The first-order valence-electron chi connectivity index (χ1n) is 12.9. The van der Waals surface area contributed by atoms with Gasteiger partial charge in [0.1, 0.15) is 11.4 Å². The van der Waals surface area contributed by atoms with Crippen LogP contribution in [0.2, 0.25) is 0 Å². The number of carbonyl (C=O) groups excluding carboxylic acids is 1. The van der Waals surface area contributed by atoms with Crippen molar-refractivity contribution < 1.29 is 4.79 Å². The number of thioether (sulfide) groups is 2. The zero-order valence-corrected chi connectivity index (χ0v) is 21.2. The zero-order chi connectivity index (χ0) is 22.9. The van der Waals surface area contributed by atoms with Gasteiger partial charge in [-0.25, -0.2) is 0 Å². The van der Waals surface area contributed by atoms with Gasteiger partial charge in [-0.1, -0.05) is 74.9 Å². The second-order valence-electron chi connectivity index (χ2n) is 9.83. The van der Waals surface area contributed by atoms with E-state index >= 15 is 0 Å². The fraction of sp³-hybridized carbons (Fsp3) is 0.414. The summed E-state index contributed by atoms with van der Waals surface area (Å²) in [6, 6.07) is 16.8. The summed E-state index contributed by atoms with van der Waals surface area (Å²) in [5.74, 6) is 0.101. The molecule has 4 aromatic rings. The monoisotopic (exact) mass is 488 g/mol. The molecule has 0 radical (unpaired) electrons. The molecule has 0 amide bonds. The number of nitrogens with one attached hydrogen (secondary N) is 2. The molecule has 2 N–H and O–H groups in total. The van der Waals surface area contributed by atoms with Gasteiger partial charge in [0.2, 0.25) is 5.78 Å². The van der Waals surface area contributed by atoms with Crippen molar-refractivity contribution in [1.82, 2.24) is 9.97 Å². The van der Waals surface area contributed by atoms with Crippen LogP contribution in [0.3, 0.4) is 0 Å². The molecule has 176 valence electrons. The highest BCUT2D eigenvalue weighted by Gasteiger charge is 2.28. The Morgan fingerprint density at radius 3 is 1.47 bits per heavy atom. The molecule has 2 aromatic heterocycles. The van der Waals surface area contributed by atoms with Crippen LogP contribution >= 0.6 is 23.5 Å². The largest absolute Gasteiger partial charge is 0.351 e. The highest BCUT2D eigenvalue weighted by molar-refractivity contribution is 8.00. The number of fused-ring (bicyclic) bond motifs is 2. The van der Waals surface area contributed by atoms with E-state index in [2.05, 4.69) is 58.5 Å². The number of hydrogen-bond acceptors (Lipinski definition) is 3. The van der Waals surface area contributed by atoms with Gasteiger partial charge in [-0.3, -0.25) is 4.79 Å². The number of aromatic nitrogens is 2. The fourth-order valence-corrected chi connectivity index (χ4v) is 8.56. The maximum atomic E-state index is 14.2. The summed E-state index contributed by atoms with van der Waals surface area (Å²) in [7, 11) is 0. The fourth-order valence-electron chi connectivity index (χ4n) is 5.62. The van der Waals surface area contributed by atoms with Crippen molar-refractivity contribution in [3.05, 3.63) is 59.9 Å². The lowest BCUT2D eigenvalue weighted by Crippen LogP contribution is -2.11. The average Bonchev–Trinajstić information content (AvgIpc) is 3.44. The summed E-state index contributed by atoms with van der Waals surface area (Å²) < 4.78 is 0. The molecule has 2 heterocycles. The summed E-state index contributed by atoms with van der Waals surface area (Å²) in [6.45, 7) is 0. The van der Waals surface area contributed by atoms with E-state index in [1.54, 1.807) is 0 Å². The molecule has 2 saturated carbocycles. The molecule has 2 aliphatic carbocycles. The molecule has 0 spiro atoms. The number of ketones is 1. The second kappa shape index (κ2) is 9.87. The lowest BCUT2D eigenvalue weighted by Gasteiger charge is -2.22. The molecule has 2 aromatic carbocycles. The van der Waals surface area contributed by atoms with E-state index in [1.165, 1.54) is 75.0 Å². The first-order chi connectivity index (χ1) is 16.8. The van der Waals surface area contributed by atoms with Crippen LogP contribution in [0.1, 0.15) is 80.4 Å². The Labute approximate surface area is 209 Å². The van der Waals surface area contributed by atoms with E-state index < -0.39 is 0 Å². The summed E-state index contributed by atoms with van der Waals surface area (Å²) in [5, 5.41) is 3.55. The van der Waals surface area contributed by atoms with Gasteiger partial charge in [0, 0.05) is 42.1 Å². The Morgan fingerprint density at radius 2 is 1.03 bits per heavy atom. The van der Waals surface area contributed by atoms with E-state index in [0.717, 1.165) is 32.2 Å². The van der Waals surface area contributed by atoms with Crippen LogP contribution in [0.25, 0.3) is 21.8 Å². The summed E-state index contributed by atoms with van der Waals surface area (Å²) in [6.07, 6.45) is 12.9. The first kappa shape index (κ1) is 22.4. The van der Waals surface area contributed by atoms with Crippen molar-refractivity contribution >= 4 is 51.1 Å². The Kier molecular flexibility index (Phi) is 6.49. The molecule has 5 heteroatoms. The Bertz CT molecular complexity index is 1210. The highest BCUT2D eigenvalue weighted by Crippen LogP contribution is 2.43. The van der Waals surface area contributed by atoms with E-state index in [9.17, 15) is 4.79 Å². The van der Waals surface area contributed by atoms with Gasteiger partial charge in [-0.15, -0.1) is 23.5 Å². The van der Waals surface area contributed by atoms with Crippen LogP contribution in [-0.4, -0.2) is 26.3 Å². The number of hydrogen-bond donors (Lipinski definition) is 2. The maximum absolute atomic E-state index is 14.2. The summed E-state index contributed by atoms with van der Waals surface area (Å²) in [4.78, 5) is 23.6. The number of para-hydroxylation sites is 2. The van der Waals surface area contributed by atoms with E-state index in [0.29, 0.717) is 10.5 Å². The quantitative estimate of drug-likeness (QED) is 0.267. The van der Waals surface area contributed by atoms with Gasteiger partial charge in [0.15, 0.2) is 0 Å². The van der Waals surface area contributed by atoms with Gasteiger partial charge < -0.3 is 9.97 Å². The normalized spacial score (nSPS) is 18.1. The molecule has 0 aliphatic heterocycles. The molecule has 0 atom stereocenters. The highest BCUT2D eigenvalue weighted by atomic mass is 32.2. The van der Waals surface area contributed by atoms with E-state index in [-0.39, 0.29) is 5.78 Å². The van der Waals surface area contributed by atoms with Crippen molar-refractivity contribution in [1.29, 1.82) is 0 Å². The van der Waals surface area contributed by atoms with Crippen LogP contribution in [0.4, 0.5) is 0 Å². The van der Waals surface area contributed by atoms with Gasteiger partial charge in [-0.05, 0) is 37.8 Å². The minimum absolute atomic E-state index is 0.101. The minimum Gasteiger partial charge on any atom is -0.351 e. The second-order valence-corrected chi connectivity index (χ2v) is 12.5. The number of carbonyl (C=O) groups is 1. The van der Waals surface area contributed by atoms with Crippen LogP contribution in [0.5, 0.6) is 0 Å². The van der Waals surface area contributed by atoms with Gasteiger partial charge in [0.25, 0.3) is 0 Å². The van der Waals surface area contributed by atoms with Crippen LogP contribution < -0.4 is 0 Å². The topological polar surface area (TPSA) is 48.6 Å². The predicted molar refractivity (Wildman–Crippen MR) is 145 cm³/mol. The molecule has 2 aliphatic rings. The van der Waals surface area contributed by atoms with Crippen molar-refractivity contribution in [2.24, 2.45) is 0 Å². The standard InChI is InChI=1S/C29H32N2OS2/c32-27(25-28(33-19-11-3-1-4-12-19)21-15-7-9-17-23(21)30-25)26-29(34-20-13-5-2-6-14-20)22-16-8-10-18-24(22)31-26/h7-10,15-20,30-31H,1-6,11-14H2. The van der Waals surface area contributed by atoms with Crippen molar-refractivity contribution in [3.63, 3.8) is 0 Å². The van der Waals surface area contributed by atoms with E-state index in [1.807, 2.05) is 23.5 Å². The first-order valence-corrected chi connectivity index (χ1v) is 14.6. The smallest absolute Gasteiger partial charge is 0.227 e. The third-order valence-corrected chi connectivity index (χ3v) is 10.4. The number of aromatic amines is 2. The van der Waals surface area contributed by atoms with Gasteiger partial charge in [-0.2, -0.15) is 0 Å². The SMILES string of the molecule is O=C(c1[nH]c2ccccc2c1SC1CCCCC1)c1[nH]c2ccccc2c1SC1CCCCC1. The summed E-state index contributed by atoms with van der Waals surface area (Å²) in [5.41, 5.74) is 3.63. The predicted octanol–water partition coefficient (Wildman–Crippen LogP) is 8.73. The lowest BCUT2D eigenvalue weighted by molar-refractivity contribution is 0.102. The average molecular weight is 489 g/mol. The lowest BCUT2D eigenvalue weighted by atomic mass is 10.0. The van der Waals surface area contributed by atoms with Gasteiger partial charge in [0.05, 0.1) is 0 Å². The molecule has 0 bridgehead atoms. The molecule has 2 fully saturated rings.